The molecule has 0 saturated carbocycles. The summed E-state index contributed by atoms with van der Waals surface area (Å²) in [6.45, 7) is 5.51. The second kappa shape index (κ2) is 6.20. The fraction of sp³-hybridized carbons (Fsp3) is 0.562. The van der Waals surface area contributed by atoms with Crippen LogP contribution < -0.4 is 0 Å². The van der Waals surface area contributed by atoms with Gasteiger partial charge in [0.05, 0.1) is 0 Å². The molecule has 1 N–H and O–H groups in total. The maximum Gasteiger partial charge on any atom is 0.412 e. The smallest absolute Gasteiger partial charge is 0.412 e. The third-order valence-corrected chi connectivity index (χ3v) is 3.60. The van der Waals surface area contributed by atoms with Gasteiger partial charge in [0, 0.05) is 12.6 Å². The zero-order valence-electron chi connectivity index (χ0n) is 13.0. The SMILES string of the molecule is CC(C)(C)OC(=O)N1CCC(c2ccc(F)cc2F)CC1O. The predicted molar refractivity (Wildman–Crippen MR) is 77.3 cm³/mol. The first kappa shape index (κ1) is 16.7. The highest BCUT2D eigenvalue weighted by atomic mass is 19.1. The first-order valence-electron chi connectivity index (χ1n) is 7.30. The number of benzene rings is 1. The number of carbonyl (C=O) groups excluding carboxylic acids is 1. The number of hydrogen-bond acceptors (Lipinski definition) is 3. The Labute approximate surface area is 128 Å². The van der Waals surface area contributed by atoms with Crippen molar-refractivity contribution in [3.8, 4) is 0 Å². The number of amides is 1. The second-order valence-electron chi connectivity index (χ2n) is 6.54. The molecule has 122 valence electrons. The minimum atomic E-state index is -1.04. The summed E-state index contributed by atoms with van der Waals surface area (Å²) in [7, 11) is 0. The van der Waals surface area contributed by atoms with Crippen LogP contribution in [0.1, 0.15) is 45.1 Å². The van der Waals surface area contributed by atoms with Crippen molar-refractivity contribution < 1.29 is 23.4 Å². The number of carbonyl (C=O) groups is 1. The number of nitrogens with zero attached hydrogens (tertiary/aromatic N) is 1. The highest BCUT2D eigenvalue weighted by Gasteiger charge is 2.34. The van der Waals surface area contributed by atoms with Crippen LogP contribution in [0.2, 0.25) is 0 Å². The molecule has 1 aromatic carbocycles. The van der Waals surface area contributed by atoms with E-state index in [0.717, 1.165) is 6.07 Å². The summed E-state index contributed by atoms with van der Waals surface area (Å²) < 4.78 is 32.0. The molecule has 1 heterocycles. The molecule has 0 bridgehead atoms. The lowest BCUT2D eigenvalue weighted by molar-refractivity contribution is -0.0493. The number of rotatable bonds is 1. The van der Waals surface area contributed by atoms with Gasteiger partial charge in [0.15, 0.2) is 0 Å². The molecule has 1 aromatic rings. The Kier molecular flexibility index (Phi) is 4.70. The van der Waals surface area contributed by atoms with E-state index in [1.807, 2.05) is 0 Å². The van der Waals surface area contributed by atoms with Crippen LogP contribution in [-0.2, 0) is 4.74 Å². The molecule has 1 fully saturated rings. The molecular formula is C16H21F2NO3. The zero-order chi connectivity index (χ0) is 16.5. The Morgan fingerprint density at radius 1 is 1.36 bits per heavy atom. The number of ether oxygens (including phenoxy) is 1. The van der Waals surface area contributed by atoms with Gasteiger partial charge in [0.25, 0.3) is 0 Å². The van der Waals surface area contributed by atoms with Gasteiger partial charge >= 0.3 is 6.09 Å². The van der Waals surface area contributed by atoms with Crippen LogP contribution in [0.15, 0.2) is 18.2 Å². The highest BCUT2D eigenvalue weighted by Crippen LogP contribution is 2.33. The van der Waals surface area contributed by atoms with Gasteiger partial charge in [-0.1, -0.05) is 6.07 Å². The fourth-order valence-corrected chi connectivity index (χ4v) is 2.59. The average Bonchev–Trinajstić information content (AvgIpc) is 2.36. The Balaban J connectivity index is 2.05. The van der Waals surface area contributed by atoms with Crippen LogP contribution in [0, 0.1) is 11.6 Å². The van der Waals surface area contributed by atoms with E-state index in [-0.39, 0.29) is 18.9 Å². The van der Waals surface area contributed by atoms with Crippen LogP contribution in [0.25, 0.3) is 0 Å². The first-order valence-corrected chi connectivity index (χ1v) is 7.30. The number of aliphatic hydroxyl groups is 1. The van der Waals surface area contributed by atoms with Gasteiger partial charge in [-0.05, 0) is 51.2 Å². The molecule has 0 radical (unpaired) electrons. The van der Waals surface area contributed by atoms with E-state index < -0.39 is 29.6 Å². The molecule has 0 spiro atoms. The minimum absolute atomic E-state index is 0.196. The summed E-state index contributed by atoms with van der Waals surface area (Å²) in [5.74, 6) is -1.51. The molecule has 0 aromatic heterocycles. The standard InChI is InChI=1S/C16H21F2NO3/c1-16(2,3)22-15(21)19-7-6-10(8-14(19)20)12-5-4-11(17)9-13(12)18/h4-5,9-10,14,20H,6-8H2,1-3H3. The quantitative estimate of drug-likeness (QED) is 0.864. The van der Waals surface area contributed by atoms with Crippen molar-refractivity contribution in [3.63, 3.8) is 0 Å². The average molecular weight is 313 g/mol. The minimum Gasteiger partial charge on any atom is -0.444 e. The van der Waals surface area contributed by atoms with Crippen LogP contribution in [0.5, 0.6) is 0 Å². The maximum absolute atomic E-state index is 13.8. The second-order valence-corrected chi connectivity index (χ2v) is 6.54. The monoisotopic (exact) mass is 313 g/mol. The maximum atomic E-state index is 13.8. The molecule has 1 aliphatic heterocycles. The van der Waals surface area contributed by atoms with Crippen molar-refractivity contribution in [2.45, 2.75) is 51.4 Å². The molecule has 22 heavy (non-hydrogen) atoms. The van der Waals surface area contributed by atoms with Crippen molar-refractivity contribution in [2.24, 2.45) is 0 Å². The highest BCUT2D eigenvalue weighted by molar-refractivity contribution is 5.68. The Bertz CT molecular complexity index is 557. The number of likely N-dealkylation sites (tertiary alicyclic amines) is 1. The van der Waals surface area contributed by atoms with Gasteiger partial charge in [-0.15, -0.1) is 0 Å². The number of piperidine rings is 1. The van der Waals surface area contributed by atoms with E-state index in [4.69, 9.17) is 4.74 Å². The first-order chi connectivity index (χ1) is 10.2. The molecule has 1 saturated heterocycles. The van der Waals surface area contributed by atoms with E-state index in [0.29, 0.717) is 12.0 Å². The summed E-state index contributed by atoms with van der Waals surface area (Å²) in [5.41, 5.74) is -0.277. The normalized spacial score (nSPS) is 22.5. The van der Waals surface area contributed by atoms with E-state index in [1.54, 1.807) is 20.8 Å². The number of aliphatic hydroxyl groups excluding tert-OH is 1. The van der Waals surface area contributed by atoms with Gasteiger partial charge in [-0.3, -0.25) is 4.90 Å². The van der Waals surface area contributed by atoms with E-state index in [9.17, 15) is 18.7 Å². The summed E-state index contributed by atoms with van der Waals surface area (Å²) in [4.78, 5) is 13.2. The topological polar surface area (TPSA) is 49.8 Å². The molecule has 2 atom stereocenters. The lowest BCUT2D eigenvalue weighted by Gasteiger charge is -2.37. The van der Waals surface area contributed by atoms with Gasteiger partial charge in [0.2, 0.25) is 0 Å². The summed E-state index contributed by atoms with van der Waals surface area (Å²) in [6, 6.07) is 3.43. The lowest BCUT2D eigenvalue weighted by atomic mass is 9.88. The van der Waals surface area contributed by atoms with Gasteiger partial charge in [-0.2, -0.15) is 0 Å². The molecule has 2 rings (SSSR count). The van der Waals surface area contributed by atoms with Gasteiger partial charge in [-0.25, -0.2) is 13.6 Å². The molecule has 0 aliphatic carbocycles. The largest absolute Gasteiger partial charge is 0.444 e. The van der Waals surface area contributed by atoms with Gasteiger partial charge < -0.3 is 9.84 Å². The molecule has 2 unspecified atom stereocenters. The Morgan fingerprint density at radius 3 is 2.59 bits per heavy atom. The van der Waals surface area contributed by atoms with Crippen LogP contribution >= 0.6 is 0 Å². The van der Waals surface area contributed by atoms with Crippen molar-refractivity contribution in [2.75, 3.05) is 6.54 Å². The van der Waals surface area contributed by atoms with Gasteiger partial charge in [0.1, 0.15) is 23.5 Å². The van der Waals surface area contributed by atoms with Crippen molar-refractivity contribution in [1.29, 1.82) is 0 Å². The Morgan fingerprint density at radius 2 is 2.05 bits per heavy atom. The van der Waals surface area contributed by atoms with E-state index >= 15 is 0 Å². The Hall–Kier alpha value is -1.69. The fourth-order valence-electron chi connectivity index (χ4n) is 2.59. The summed E-state index contributed by atoms with van der Waals surface area (Å²) in [5, 5.41) is 10.1. The molecule has 4 nitrogen and oxygen atoms in total. The third-order valence-electron chi connectivity index (χ3n) is 3.60. The number of hydrogen-bond donors (Lipinski definition) is 1. The van der Waals surface area contributed by atoms with Crippen LogP contribution in [0.3, 0.4) is 0 Å². The van der Waals surface area contributed by atoms with Crippen LogP contribution in [0.4, 0.5) is 13.6 Å². The third kappa shape index (κ3) is 3.94. The van der Waals surface area contributed by atoms with Crippen LogP contribution in [-0.4, -0.2) is 34.5 Å². The molecule has 1 amide bonds. The van der Waals surface area contributed by atoms with Crippen molar-refractivity contribution in [1.82, 2.24) is 4.90 Å². The van der Waals surface area contributed by atoms with E-state index in [1.165, 1.54) is 17.0 Å². The van der Waals surface area contributed by atoms with E-state index in [2.05, 4.69) is 0 Å². The number of halogens is 2. The zero-order valence-corrected chi connectivity index (χ0v) is 13.0. The van der Waals surface area contributed by atoms with Crippen molar-refractivity contribution >= 4 is 6.09 Å². The molecular weight excluding hydrogens is 292 g/mol. The predicted octanol–water partition coefficient (Wildman–Crippen LogP) is 3.40. The summed E-state index contributed by atoms with van der Waals surface area (Å²) >= 11 is 0. The summed E-state index contributed by atoms with van der Waals surface area (Å²) in [6.07, 6.45) is -0.947. The lowest BCUT2D eigenvalue weighted by Crippen LogP contribution is -2.47. The molecule has 6 heteroatoms. The molecule has 1 aliphatic rings. The van der Waals surface area contributed by atoms with Crippen molar-refractivity contribution in [3.05, 3.63) is 35.4 Å².